The third-order valence-electron chi connectivity index (χ3n) is 3.17. The summed E-state index contributed by atoms with van der Waals surface area (Å²) in [5.41, 5.74) is 2.61. The van der Waals surface area contributed by atoms with Crippen molar-refractivity contribution in [3.05, 3.63) is 70.3 Å². The van der Waals surface area contributed by atoms with Crippen molar-refractivity contribution in [3.8, 4) is 5.75 Å². The second-order valence-electron chi connectivity index (χ2n) is 4.62. The van der Waals surface area contributed by atoms with Crippen LogP contribution in [0, 0.1) is 0 Å². The largest absolute Gasteiger partial charge is 0.489 e. The summed E-state index contributed by atoms with van der Waals surface area (Å²) in [6.45, 7) is 0.449. The molecule has 0 aliphatic heterocycles. The summed E-state index contributed by atoms with van der Waals surface area (Å²) in [6.07, 6.45) is 2.58. The maximum Gasteiger partial charge on any atom is 0.151 e. The van der Waals surface area contributed by atoms with Crippen LogP contribution in [-0.2, 0) is 6.61 Å². The molecule has 3 aromatic rings. The highest BCUT2D eigenvalue weighted by atomic mass is 79.9. The Bertz CT molecular complexity index is 802. The van der Waals surface area contributed by atoms with Crippen molar-refractivity contribution < 1.29 is 9.53 Å². The van der Waals surface area contributed by atoms with E-state index < -0.39 is 0 Å². The van der Waals surface area contributed by atoms with Gasteiger partial charge in [-0.2, -0.15) is 0 Å². The van der Waals surface area contributed by atoms with Gasteiger partial charge in [-0.3, -0.25) is 9.78 Å². The molecule has 0 aliphatic rings. The number of aromatic nitrogens is 1. The summed E-state index contributed by atoms with van der Waals surface area (Å²) in [7, 11) is 0. The van der Waals surface area contributed by atoms with Crippen LogP contribution < -0.4 is 4.74 Å². The number of hydrogen-bond acceptors (Lipinski definition) is 3. The quantitative estimate of drug-likeness (QED) is 0.660. The minimum atomic E-state index is 0.449. The number of fused-ring (bicyclic) bond motifs is 1. The van der Waals surface area contributed by atoms with Crippen molar-refractivity contribution in [3.63, 3.8) is 0 Å². The van der Waals surface area contributed by atoms with E-state index in [9.17, 15) is 4.79 Å². The van der Waals surface area contributed by atoms with Gasteiger partial charge in [0, 0.05) is 21.6 Å². The minimum Gasteiger partial charge on any atom is -0.489 e. The predicted molar refractivity (Wildman–Crippen MR) is 85.6 cm³/mol. The van der Waals surface area contributed by atoms with Crippen LogP contribution in [0.25, 0.3) is 10.9 Å². The zero-order chi connectivity index (χ0) is 14.7. The molecule has 0 spiro atoms. The predicted octanol–water partition coefficient (Wildman–Crippen LogP) is 4.39. The summed E-state index contributed by atoms with van der Waals surface area (Å²) >= 11 is 3.32. The fourth-order valence-electron chi connectivity index (χ4n) is 2.08. The average Bonchev–Trinajstić information content (AvgIpc) is 2.54. The molecule has 0 atom stereocenters. The minimum absolute atomic E-state index is 0.449. The lowest BCUT2D eigenvalue weighted by Crippen LogP contribution is -1.96. The molecular weight excluding hydrogens is 330 g/mol. The van der Waals surface area contributed by atoms with E-state index in [-0.39, 0.29) is 0 Å². The zero-order valence-electron chi connectivity index (χ0n) is 11.1. The maximum atomic E-state index is 10.9. The van der Waals surface area contributed by atoms with E-state index in [0.29, 0.717) is 17.9 Å². The number of rotatable bonds is 4. The number of pyridine rings is 1. The van der Waals surface area contributed by atoms with Gasteiger partial charge in [-0.1, -0.05) is 28.1 Å². The van der Waals surface area contributed by atoms with Gasteiger partial charge in [0.05, 0.1) is 5.52 Å². The summed E-state index contributed by atoms with van der Waals surface area (Å²) in [4.78, 5) is 15.2. The first kappa shape index (κ1) is 13.8. The molecule has 0 amide bonds. The van der Waals surface area contributed by atoms with Crippen molar-refractivity contribution in [2.75, 3.05) is 0 Å². The number of hydrogen-bond donors (Lipinski definition) is 0. The molecule has 0 aliphatic carbocycles. The Hall–Kier alpha value is -2.20. The van der Waals surface area contributed by atoms with Gasteiger partial charge in [0.1, 0.15) is 12.4 Å². The molecule has 1 heterocycles. The van der Waals surface area contributed by atoms with E-state index in [0.717, 1.165) is 27.2 Å². The van der Waals surface area contributed by atoms with Crippen LogP contribution in [0.4, 0.5) is 0 Å². The number of aldehydes is 1. The highest BCUT2D eigenvalue weighted by Gasteiger charge is 2.03. The first-order valence-electron chi connectivity index (χ1n) is 6.47. The van der Waals surface area contributed by atoms with E-state index >= 15 is 0 Å². The number of carbonyl (C=O) groups excluding carboxylic acids is 1. The van der Waals surface area contributed by atoms with Crippen LogP contribution in [0.3, 0.4) is 0 Å². The molecule has 3 rings (SSSR count). The number of halogens is 1. The van der Waals surface area contributed by atoms with Gasteiger partial charge in [0.25, 0.3) is 0 Å². The van der Waals surface area contributed by atoms with Gasteiger partial charge in [-0.05, 0) is 42.0 Å². The normalized spacial score (nSPS) is 10.5. The third-order valence-corrected chi connectivity index (χ3v) is 3.89. The van der Waals surface area contributed by atoms with Crippen LogP contribution in [0.1, 0.15) is 15.9 Å². The molecule has 4 heteroatoms. The molecular formula is C17H12BrNO2. The molecule has 0 saturated heterocycles. The Labute approximate surface area is 130 Å². The van der Waals surface area contributed by atoms with E-state index in [1.807, 2.05) is 36.4 Å². The van der Waals surface area contributed by atoms with E-state index in [4.69, 9.17) is 4.74 Å². The highest BCUT2D eigenvalue weighted by Crippen LogP contribution is 2.22. The molecule has 104 valence electrons. The van der Waals surface area contributed by atoms with Crippen LogP contribution in [0.15, 0.2) is 59.2 Å². The third kappa shape index (κ3) is 3.11. The summed E-state index contributed by atoms with van der Waals surface area (Å²) in [5.74, 6) is 0.673. The van der Waals surface area contributed by atoms with Crippen LogP contribution >= 0.6 is 15.9 Å². The lowest BCUT2D eigenvalue weighted by atomic mass is 10.1. The number of benzene rings is 2. The topological polar surface area (TPSA) is 39.2 Å². The molecule has 2 aromatic carbocycles. The summed E-state index contributed by atoms with van der Waals surface area (Å²) in [5, 5.41) is 1.09. The zero-order valence-corrected chi connectivity index (χ0v) is 12.7. The average molecular weight is 342 g/mol. The standard InChI is InChI=1S/C17H12BrNO2/c18-16-5-4-15(9-14(16)10-20)21-11-12-3-6-17-13(8-12)2-1-7-19-17/h1-10H,11H2. The van der Waals surface area contributed by atoms with Crippen LogP contribution in [0.2, 0.25) is 0 Å². The fraction of sp³-hybridized carbons (Fsp3) is 0.0588. The van der Waals surface area contributed by atoms with Crippen molar-refractivity contribution in [2.45, 2.75) is 6.61 Å². The molecule has 0 saturated carbocycles. The Morgan fingerprint density at radius 1 is 1.14 bits per heavy atom. The number of carbonyl (C=O) groups is 1. The van der Waals surface area contributed by atoms with Gasteiger partial charge >= 0.3 is 0 Å². The monoisotopic (exact) mass is 341 g/mol. The Kier molecular flexibility index (Phi) is 3.97. The van der Waals surface area contributed by atoms with Crippen LogP contribution in [-0.4, -0.2) is 11.3 Å². The fourth-order valence-corrected chi connectivity index (χ4v) is 2.42. The molecule has 0 N–H and O–H groups in total. The SMILES string of the molecule is O=Cc1cc(OCc2ccc3ncccc3c2)ccc1Br. The van der Waals surface area contributed by atoms with Gasteiger partial charge < -0.3 is 4.74 Å². The number of ether oxygens (including phenoxy) is 1. The van der Waals surface area contributed by atoms with E-state index in [1.165, 1.54) is 0 Å². The summed E-state index contributed by atoms with van der Waals surface area (Å²) < 4.78 is 6.50. The van der Waals surface area contributed by atoms with Crippen LogP contribution in [0.5, 0.6) is 5.75 Å². The molecule has 0 unspecified atom stereocenters. The molecule has 0 fully saturated rings. The lowest BCUT2D eigenvalue weighted by Gasteiger charge is -2.08. The van der Waals surface area contributed by atoms with Crippen molar-refractivity contribution in [2.24, 2.45) is 0 Å². The molecule has 21 heavy (non-hydrogen) atoms. The highest BCUT2D eigenvalue weighted by molar-refractivity contribution is 9.10. The first-order valence-corrected chi connectivity index (χ1v) is 7.27. The van der Waals surface area contributed by atoms with Gasteiger partial charge in [0.15, 0.2) is 6.29 Å². The second-order valence-corrected chi connectivity index (χ2v) is 5.47. The van der Waals surface area contributed by atoms with Gasteiger partial charge in [-0.15, -0.1) is 0 Å². The Morgan fingerprint density at radius 2 is 2.05 bits per heavy atom. The smallest absolute Gasteiger partial charge is 0.151 e. The molecule has 1 aromatic heterocycles. The Balaban J connectivity index is 1.78. The lowest BCUT2D eigenvalue weighted by molar-refractivity contribution is 0.112. The molecule has 0 radical (unpaired) electrons. The Morgan fingerprint density at radius 3 is 2.90 bits per heavy atom. The second kappa shape index (κ2) is 6.06. The van der Waals surface area contributed by atoms with Crippen molar-refractivity contribution in [1.82, 2.24) is 4.98 Å². The summed E-state index contributed by atoms with van der Waals surface area (Å²) in [6, 6.07) is 15.3. The van der Waals surface area contributed by atoms with Gasteiger partial charge in [0.2, 0.25) is 0 Å². The van der Waals surface area contributed by atoms with Gasteiger partial charge in [-0.25, -0.2) is 0 Å². The van der Waals surface area contributed by atoms with E-state index in [2.05, 4.69) is 27.0 Å². The molecule has 0 bridgehead atoms. The molecule has 3 nitrogen and oxygen atoms in total. The number of nitrogens with zero attached hydrogens (tertiary/aromatic N) is 1. The van der Waals surface area contributed by atoms with Crippen molar-refractivity contribution >= 4 is 33.1 Å². The first-order chi connectivity index (χ1) is 10.3. The van der Waals surface area contributed by atoms with Crippen molar-refractivity contribution in [1.29, 1.82) is 0 Å². The maximum absolute atomic E-state index is 10.9. The van der Waals surface area contributed by atoms with E-state index in [1.54, 1.807) is 12.3 Å².